The summed E-state index contributed by atoms with van der Waals surface area (Å²) < 4.78 is 5.20. The summed E-state index contributed by atoms with van der Waals surface area (Å²) >= 11 is 0. The molecule has 0 atom stereocenters. The lowest BCUT2D eigenvalue weighted by molar-refractivity contribution is -0.144. The molecule has 0 amide bonds. The number of ether oxygens (including phenoxy) is 1. The summed E-state index contributed by atoms with van der Waals surface area (Å²) in [6.45, 7) is 12.3. The Morgan fingerprint density at radius 1 is 1.21 bits per heavy atom. The largest absolute Gasteiger partial charge is 0.394 e. The Morgan fingerprint density at radius 3 is 2.00 bits per heavy atom. The van der Waals surface area contributed by atoms with Gasteiger partial charge in [0, 0.05) is 5.92 Å². The van der Waals surface area contributed by atoms with Gasteiger partial charge >= 0.3 is 0 Å². The number of hydrogen-bond acceptors (Lipinski definition) is 5. The average Bonchev–Trinajstić information content (AvgIpc) is 2.33. The van der Waals surface area contributed by atoms with E-state index in [2.05, 4.69) is 18.7 Å². The van der Waals surface area contributed by atoms with Gasteiger partial charge in [-0.2, -0.15) is 0 Å². The van der Waals surface area contributed by atoms with Crippen LogP contribution in [0, 0.1) is 11.8 Å². The molecule has 0 aromatic carbocycles. The van der Waals surface area contributed by atoms with Crippen LogP contribution < -0.4 is 5.90 Å². The zero-order valence-electron chi connectivity index (χ0n) is 13.2. The van der Waals surface area contributed by atoms with Crippen LogP contribution in [0.2, 0.25) is 0 Å². The van der Waals surface area contributed by atoms with Crippen LogP contribution in [-0.2, 0) is 14.4 Å². The van der Waals surface area contributed by atoms with Crippen LogP contribution in [0.3, 0.4) is 0 Å². The Kier molecular flexibility index (Phi) is 12.4. The van der Waals surface area contributed by atoms with E-state index in [-0.39, 0.29) is 24.9 Å². The van der Waals surface area contributed by atoms with Crippen molar-refractivity contribution in [3.63, 3.8) is 0 Å². The third-order valence-electron chi connectivity index (χ3n) is 2.49. The Balaban J connectivity index is 0. The third-order valence-corrected chi connectivity index (χ3v) is 2.49. The zero-order chi connectivity index (χ0) is 15.5. The Morgan fingerprint density at radius 2 is 1.74 bits per heavy atom. The van der Waals surface area contributed by atoms with Crippen molar-refractivity contribution >= 4 is 5.78 Å². The van der Waals surface area contributed by atoms with E-state index in [9.17, 15) is 4.79 Å². The summed E-state index contributed by atoms with van der Waals surface area (Å²) in [5.41, 5.74) is -0.767. The van der Waals surface area contributed by atoms with Crippen LogP contribution >= 0.6 is 0 Å². The first-order chi connectivity index (χ1) is 8.68. The summed E-state index contributed by atoms with van der Waals surface area (Å²) in [7, 11) is 0. The Hall–Kier alpha value is -0.490. The Bertz CT molecular complexity index is 227. The van der Waals surface area contributed by atoms with Gasteiger partial charge in [-0.15, -0.1) is 0 Å². The van der Waals surface area contributed by atoms with Gasteiger partial charge in [0.05, 0.1) is 19.8 Å². The number of carbonyl (C=O) groups is 1. The van der Waals surface area contributed by atoms with E-state index >= 15 is 0 Å². The molecular weight excluding hydrogens is 246 g/mol. The first kappa shape index (κ1) is 20.8. The van der Waals surface area contributed by atoms with Crippen LogP contribution in [0.25, 0.3) is 0 Å². The molecule has 0 aromatic rings. The highest BCUT2D eigenvalue weighted by atomic mass is 16.6. The van der Waals surface area contributed by atoms with Gasteiger partial charge < -0.3 is 14.7 Å². The van der Waals surface area contributed by atoms with E-state index < -0.39 is 5.60 Å². The molecule has 0 radical (unpaired) electrons. The number of hydrogen-bond donors (Lipinski definition) is 2. The number of carbonyl (C=O) groups excluding carboxylic acids is 1. The monoisotopic (exact) mass is 277 g/mol. The maximum absolute atomic E-state index is 11.5. The normalized spacial score (nSPS) is 11.5. The fraction of sp³-hybridized carbons (Fsp3) is 0.929. The first-order valence-electron chi connectivity index (χ1n) is 6.79. The molecule has 116 valence electrons. The minimum atomic E-state index is -0.767. The van der Waals surface area contributed by atoms with Crippen LogP contribution in [0.1, 0.15) is 48.0 Å². The van der Waals surface area contributed by atoms with Gasteiger partial charge in [0.2, 0.25) is 0 Å². The summed E-state index contributed by atoms with van der Waals surface area (Å²) in [6.07, 6.45) is 1.05. The SMILES string of the molecule is CC(C)C(=O)C(C)(C)OCCO.CC(C)CCON. The van der Waals surface area contributed by atoms with Crippen molar-refractivity contribution in [2.75, 3.05) is 19.8 Å². The molecule has 0 spiro atoms. The predicted octanol–water partition coefficient (Wildman–Crippen LogP) is 1.92. The van der Waals surface area contributed by atoms with Crippen molar-refractivity contribution in [1.29, 1.82) is 0 Å². The van der Waals surface area contributed by atoms with Gasteiger partial charge in [-0.05, 0) is 26.2 Å². The maximum Gasteiger partial charge on any atom is 0.166 e. The zero-order valence-corrected chi connectivity index (χ0v) is 13.2. The second-order valence-electron chi connectivity index (χ2n) is 5.65. The van der Waals surface area contributed by atoms with Gasteiger partial charge in [0.25, 0.3) is 0 Å². The van der Waals surface area contributed by atoms with E-state index in [4.69, 9.17) is 15.7 Å². The molecule has 5 heteroatoms. The Labute approximate surface area is 117 Å². The average molecular weight is 277 g/mol. The van der Waals surface area contributed by atoms with Crippen molar-refractivity contribution in [1.82, 2.24) is 0 Å². The third kappa shape index (κ3) is 12.3. The van der Waals surface area contributed by atoms with Crippen molar-refractivity contribution in [2.24, 2.45) is 17.7 Å². The number of ketones is 1. The van der Waals surface area contributed by atoms with Crippen molar-refractivity contribution < 1.29 is 19.5 Å². The highest BCUT2D eigenvalue weighted by Crippen LogP contribution is 2.15. The molecular formula is C14H31NO4. The van der Waals surface area contributed by atoms with Gasteiger partial charge in [-0.1, -0.05) is 27.7 Å². The lowest BCUT2D eigenvalue weighted by Gasteiger charge is -2.25. The molecule has 0 aliphatic carbocycles. The minimum absolute atomic E-state index is 0.0290. The van der Waals surface area contributed by atoms with Crippen LogP contribution in [0.15, 0.2) is 0 Å². The molecule has 0 aromatic heterocycles. The van der Waals surface area contributed by atoms with Crippen LogP contribution in [0.4, 0.5) is 0 Å². The second-order valence-corrected chi connectivity index (χ2v) is 5.65. The van der Waals surface area contributed by atoms with Crippen molar-refractivity contribution in [3.05, 3.63) is 0 Å². The van der Waals surface area contributed by atoms with E-state index in [1.807, 2.05) is 13.8 Å². The van der Waals surface area contributed by atoms with Crippen LogP contribution in [0.5, 0.6) is 0 Å². The fourth-order valence-electron chi connectivity index (χ4n) is 1.37. The molecule has 0 fully saturated rings. The second kappa shape index (κ2) is 11.3. The molecule has 0 saturated carbocycles. The molecule has 0 unspecified atom stereocenters. The molecule has 0 rings (SSSR count). The molecule has 3 N–H and O–H groups in total. The van der Waals surface area contributed by atoms with Crippen molar-refractivity contribution in [3.8, 4) is 0 Å². The molecule has 0 saturated heterocycles. The molecule has 0 bridgehead atoms. The highest BCUT2D eigenvalue weighted by molar-refractivity contribution is 5.88. The van der Waals surface area contributed by atoms with Crippen LogP contribution in [-0.4, -0.2) is 36.3 Å². The highest BCUT2D eigenvalue weighted by Gasteiger charge is 2.29. The fourth-order valence-corrected chi connectivity index (χ4v) is 1.37. The summed E-state index contributed by atoms with van der Waals surface area (Å²) in [6, 6.07) is 0. The topological polar surface area (TPSA) is 81.8 Å². The number of aliphatic hydroxyl groups excluding tert-OH is 1. The molecule has 0 heterocycles. The van der Waals surface area contributed by atoms with Gasteiger partial charge in [-0.3, -0.25) is 4.79 Å². The smallest absolute Gasteiger partial charge is 0.166 e. The maximum atomic E-state index is 11.5. The minimum Gasteiger partial charge on any atom is -0.394 e. The van der Waals surface area contributed by atoms with E-state index in [0.717, 1.165) is 6.42 Å². The van der Waals surface area contributed by atoms with Crippen molar-refractivity contribution in [2.45, 2.75) is 53.6 Å². The number of nitrogens with two attached hydrogens (primary N) is 1. The van der Waals surface area contributed by atoms with E-state index in [0.29, 0.717) is 12.5 Å². The lowest BCUT2D eigenvalue weighted by Crippen LogP contribution is -2.38. The number of aliphatic hydroxyl groups is 1. The van der Waals surface area contributed by atoms with E-state index in [1.54, 1.807) is 13.8 Å². The molecule has 0 aliphatic heterocycles. The first-order valence-corrected chi connectivity index (χ1v) is 6.79. The van der Waals surface area contributed by atoms with Gasteiger partial charge in [0.15, 0.2) is 5.78 Å². The van der Waals surface area contributed by atoms with Gasteiger partial charge in [0.1, 0.15) is 5.60 Å². The summed E-state index contributed by atoms with van der Waals surface area (Å²) in [4.78, 5) is 15.8. The summed E-state index contributed by atoms with van der Waals surface area (Å²) in [5.74, 6) is 5.51. The lowest BCUT2D eigenvalue weighted by atomic mass is 9.94. The predicted molar refractivity (Wildman–Crippen MR) is 76.6 cm³/mol. The molecule has 5 nitrogen and oxygen atoms in total. The molecule has 0 aliphatic rings. The quantitative estimate of drug-likeness (QED) is 0.662. The van der Waals surface area contributed by atoms with Gasteiger partial charge in [-0.25, -0.2) is 5.90 Å². The summed E-state index contributed by atoms with van der Waals surface area (Å²) in [5, 5.41) is 8.51. The molecule has 19 heavy (non-hydrogen) atoms. The van der Waals surface area contributed by atoms with E-state index in [1.165, 1.54) is 0 Å². The number of Topliss-reactive ketones (excluding diaryl/α,β-unsaturated/α-hetero) is 1. The number of rotatable bonds is 8. The standard InChI is InChI=1S/C9H18O3.C5H13NO/c1-7(2)8(11)9(3,4)12-6-5-10;1-5(2)3-4-7-6/h7,10H,5-6H2,1-4H3;5H,3-4,6H2,1-2H3.